The molecule has 0 atom stereocenters. The molecule has 3 nitrogen and oxygen atoms in total. The molecule has 0 aliphatic heterocycles. The first-order valence-electron chi connectivity index (χ1n) is 5.50. The molecule has 3 heteroatoms. The second-order valence-electron chi connectivity index (χ2n) is 3.80. The maximum absolute atomic E-state index is 9.26. The lowest BCUT2D eigenvalue weighted by Gasteiger charge is -2.11. The molecule has 1 aromatic heterocycles. The van der Waals surface area contributed by atoms with Gasteiger partial charge in [-0.25, -0.2) is 4.98 Å². The Morgan fingerprint density at radius 1 is 1.50 bits per heavy atom. The van der Waals surface area contributed by atoms with Gasteiger partial charge in [-0.05, 0) is 38.3 Å². The minimum atomic E-state index is -0.0318. The van der Waals surface area contributed by atoms with Gasteiger partial charge >= 0.3 is 0 Å². The lowest BCUT2D eigenvalue weighted by Crippen LogP contribution is -2.05. The second kappa shape index (κ2) is 6.28. The van der Waals surface area contributed by atoms with Crippen LogP contribution in [0.3, 0.4) is 0 Å². The lowest BCUT2D eigenvalue weighted by atomic mass is 10.1. The van der Waals surface area contributed by atoms with Gasteiger partial charge in [-0.1, -0.05) is 6.08 Å². The zero-order valence-electron chi connectivity index (χ0n) is 9.99. The van der Waals surface area contributed by atoms with Crippen LogP contribution in [0.25, 0.3) is 0 Å². The number of pyridine rings is 1. The summed E-state index contributed by atoms with van der Waals surface area (Å²) >= 11 is 0. The summed E-state index contributed by atoms with van der Waals surface area (Å²) in [6.07, 6.45) is 3.72. The molecular formula is C13H19NO2. The zero-order valence-corrected chi connectivity index (χ0v) is 9.99. The number of hydrogen-bond donors (Lipinski definition) is 1. The Labute approximate surface area is 96.8 Å². The first-order valence-corrected chi connectivity index (χ1v) is 5.50. The van der Waals surface area contributed by atoms with Crippen LogP contribution in [0.15, 0.2) is 18.7 Å². The van der Waals surface area contributed by atoms with Gasteiger partial charge in [0.2, 0.25) is 5.88 Å². The quantitative estimate of drug-likeness (QED) is 0.593. The summed E-state index contributed by atoms with van der Waals surface area (Å²) in [5.41, 5.74) is 2.71. The Kier molecular flexibility index (Phi) is 4.99. The molecule has 0 aliphatic carbocycles. The lowest BCUT2D eigenvalue weighted by molar-refractivity contribution is 0.255. The van der Waals surface area contributed by atoms with Crippen molar-refractivity contribution in [3.8, 4) is 5.88 Å². The van der Waals surface area contributed by atoms with Gasteiger partial charge in [0, 0.05) is 11.3 Å². The predicted octanol–water partition coefficient (Wildman–Crippen LogP) is 2.54. The van der Waals surface area contributed by atoms with Crippen LogP contribution < -0.4 is 4.74 Å². The zero-order chi connectivity index (χ0) is 12.0. The molecule has 0 radical (unpaired) electrons. The number of hydrogen-bond acceptors (Lipinski definition) is 3. The Hall–Kier alpha value is -1.35. The number of rotatable bonds is 6. The van der Waals surface area contributed by atoms with E-state index in [1.54, 1.807) is 0 Å². The first kappa shape index (κ1) is 12.7. The summed E-state index contributed by atoms with van der Waals surface area (Å²) in [4.78, 5) is 4.29. The van der Waals surface area contributed by atoms with Crippen molar-refractivity contribution in [2.45, 2.75) is 33.3 Å². The molecule has 0 saturated carbocycles. The summed E-state index contributed by atoms with van der Waals surface area (Å²) in [7, 11) is 0. The Bertz CT molecular complexity index is 361. The molecule has 1 N–H and O–H groups in total. The van der Waals surface area contributed by atoms with Crippen LogP contribution in [-0.2, 0) is 6.61 Å². The summed E-state index contributed by atoms with van der Waals surface area (Å²) in [6, 6.07) is 1.95. The molecule has 0 aliphatic rings. The third-order valence-electron chi connectivity index (χ3n) is 2.39. The molecule has 1 rings (SSSR count). The highest BCUT2D eigenvalue weighted by Gasteiger charge is 2.08. The maximum atomic E-state index is 9.26. The van der Waals surface area contributed by atoms with E-state index in [0.717, 1.165) is 29.7 Å². The van der Waals surface area contributed by atoms with Gasteiger partial charge in [-0.15, -0.1) is 6.58 Å². The van der Waals surface area contributed by atoms with Crippen molar-refractivity contribution in [1.82, 2.24) is 4.98 Å². The number of aryl methyl sites for hydroxylation is 2. The number of allylic oxidation sites excluding steroid dienone is 1. The summed E-state index contributed by atoms with van der Waals surface area (Å²) < 4.78 is 5.57. The molecule has 0 amide bonds. The van der Waals surface area contributed by atoms with Crippen LogP contribution in [0.2, 0.25) is 0 Å². The van der Waals surface area contributed by atoms with Crippen molar-refractivity contribution in [3.63, 3.8) is 0 Å². The van der Waals surface area contributed by atoms with Crippen molar-refractivity contribution in [2.75, 3.05) is 6.61 Å². The second-order valence-corrected chi connectivity index (χ2v) is 3.80. The molecule has 16 heavy (non-hydrogen) atoms. The number of aliphatic hydroxyl groups is 1. The van der Waals surface area contributed by atoms with E-state index in [2.05, 4.69) is 11.6 Å². The molecule has 0 fully saturated rings. The molecular weight excluding hydrogens is 202 g/mol. The third kappa shape index (κ3) is 3.35. The van der Waals surface area contributed by atoms with Gasteiger partial charge in [0.15, 0.2) is 0 Å². The fourth-order valence-electron chi connectivity index (χ4n) is 1.54. The van der Waals surface area contributed by atoms with E-state index < -0.39 is 0 Å². The molecule has 88 valence electrons. The Morgan fingerprint density at radius 2 is 2.25 bits per heavy atom. The molecule has 0 saturated heterocycles. The smallest absolute Gasteiger partial charge is 0.219 e. The monoisotopic (exact) mass is 221 g/mol. The van der Waals surface area contributed by atoms with Gasteiger partial charge in [-0.2, -0.15) is 0 Å². The van der Waals surface area contributed by atoms with Crippen LogP contribution in [0, 0.1) is 13.8 Å². The van der Waals surface area contributed by atoms with Crippen LogP contribution >= 0.6 is 0 Å². The van der Waals surface area contributed by atoms with Crippen LogP contribution in [-0.4, -0.2) is 16.7 Å². The van der Waals surface area contributed by atoms with Crippen LogP contribution in [0.4, 0.5) is 0 Å². The number of unbranched alkanes of at least 4 members (excludes halogenated alkanes) is 1. The van der Waals surface area contributed by atoms with E-state index in [-0.39, 0.29) is 6.61 Å². The molecule has 1 aromatic rings. The van der Waals surface area contributed by atoms with E-state index in [1.165, 1.54) is 0 Å². The Morgan fingerprint density at radius 3 is 2.88 bits per heavy atom. The number of aromatic nitrogens is 1. The highest BCUT2D eigenvalue weighted by molar-refractivity contribution is 5.35. The predicted molar refractivity (Wildman–Crippen MR) is 64.6 cm³/mol. The highest BCUT2D eigenvalue weighted by atomic mass is 16.5. The average molecular weight is 221 g/mol. The summed E-state index contributed by atoms with van der Waals surface area (Å²) in [6.45, 7) is 8.11. The number of nitrogens with zero attached hydrogens (tertiary/aromatic N) is 1. The van der Waals surface area contributed by atoms with Crippen LogP contribution in [0.1, 0.15) is 29.7 Å². The SMILES string of the molecule is C=CCCCOc1nc(C)cc(C)c1CO. The van der Waals surface area contributed by atoms with Gasteiger partial charge in [0.1, 0.15) is 0 Å². The molecule has 0 aromatic carbocycles. The number of aliphatic hydroxyl groups excluding tert-OH is 1. The largest absolute Gasteiger partial charge is 0.477 e. The normalized spacial score (nSPS) is 10.2. The fourth-order valence-corrected chi connectivity index (χ4v) is 1.54. The van der Waals surface area contributed by atoms with E-state index >= 15 is 0 Å². The summed E-state index contributed by atoms with van der Waals surface area (Å²) in [5, 5.41) is 9.26. The van der Waals surface area contributed by atoms with E-state index in [9.17, 15) is 5.11 Å². The van der Waals surface area contributed by atoms with Gasteiger partial charge in [-0.3, -0.25) is 0 Å². The molecule has 1 heterocycles. The van der Waals surface area contributed by atoms with Gasteiger partial charge in [0.25, 0.3) is 0 Å². The fraction of sp³-hybridized carbons (Fsp3) is 0.462. The van der Waals surface area contributed by atoms with Crippen molar-refractivity contribution in [1.29, 1.82) is 0 Å². The van der Waals surface area contributed by atoms with E-state index in [0.29, 0.717) is 12.5 Å². The van der Waals surface area contributed by atoms with Crippen molar-refractivity contribution < 1.29 is 9.84 Å². The van der Waals surface area contributed by atoms with E-state index in [4.69, 9.17) is 4.74 Å². The highest BCUT2D eigenvalue weighted by Crippen LogP contribution is 2.21. The molecule has 0 spiro atoms. The van der Waals surface area contributed by atoms with E-state index in [1.807, 2.05) is 26.0 Å². The average Bonchev–Trinajstić information content (AvgIpc) is 2.24. The van der Waals surface area contributed by atoms with Crippen molar-refractivity contribution in [3.05, 3.63) is 35.5 Å². The van der Waals surface area contributed by atoms with Crippen molar-refractivity contribution in [2.24, 2.45) is 0 Å². The van der Waals surface area contributed by atoms with Gasteiger partial charge < -0.3 is 9.84 Å². The van der Waals surface area contributed by atoms with Crippen LogP contribution in [0.5, 0.6) is 5.88 Å². The third-order valence-corrected chi connectivity index (χ3v) is 2.39. The Balaban J connectivity index is 2.73. The summed E-state index contributed by atoms with van der Waals surface area (Å²) in [5.74, 6) is 0.559. The first-order chi connectivity index (χ1) is 7.69. The maximum Gasteiger partial charge on any atom is 0.219 e. The topological polar surface area (TPSA) is 42.4 Å². The minimum absolute atomic E-state index is 0.0318. The van der Waals surface area contributed by atoms with Crippen molar-refractivity contribution >= 4 is 0 Å². The van der Waals surface area contributed by atoms with Gasteiger partial charge in [0.05, 0.1) is 13.2 Å². The number of ether oxygens (including phenoxy) is 1. The molecule has 0 bridgehead atoms. The standard InChI is InChI=1S/C13H19NO2/c1-4-5-6-7-16-13-12(9-15)10(2)8-11(3)14-13/h4,8,15H,1,5-7,9H2,2-3H3. The minimum Gasteiger partial charge on any atom is -0.477 e. The molecule has 0 unspecified atom stereocenters.